The summed E-state index contributed by atoms with van der Waals surface area (Å²) in [6, 6.07) is 6.35. The van der Waals surface area contributed by atoms with Crippen LogP contribution in [0.15, 0.2) is 23.3 Å². The molecule has 1 aromatic rings. The number of nitrogens with zero attached hydrogens (tertiary/aromatic N) is 1. The Bertz CT molecular complexity index is 406. The van der Waals surface area contributed by atoms with E-state index in [1.807, 2.05) is 6.07 Å². The molecule has 1 aromatic carbocycles. The van der Waals surface area contributed by atoms with Gasteiger partial charge in [0.1, 0.15) is 5.75 Å². The number of thioether (sulfide) groups is 1. The maximum Gasteiger partial charge on any atom is 0.177 e. The predicted octanol–water partition coefficient (Wildman–Crippen LogP) is 1.09. The largest absolute Gasteiger partial charge is 0.493 e. The van der Waals surface area contributed by atoms with Gasteiger partial charge in [0.15, 0.2) is 5.17 Å². The molecule has 0 spiro atoms. The number of rotatable bonds is 3. The molecule has 1 aliphatic heterocycles. The second-order valence-corrected chi connectivity index (χ2v) is 4.72. The first kappa shape index (κ1) is 11.1. The molecule has 4 N–H and O–H groups in total. The van der Waals surface area contributed by atoms with Crippen LogP contribution >= 0.6 is 11.8 Å². The summed E-state index contributed by atoms with van der Waals surface area (Å²) in [4.78, 5) is 0. The summed E-state index contributed by atoms with van der Waals surface area (Å²) >= 11 is 1.48. The molecule has 1 heterocycles. The lowest BCUT2D eigenvalue weighted by Crippen LogP contribution is -2.10. The predicted molar refractivity (Wildman–Crippen MR) is 67.6 cm³/mol. The van der Waals surface area contributed by atoms with E-state index in [1.54, 1.807) is 0 Å². The fourth-order valence-electron chi connectivity index (χ4n) is 1.71. The van der Waals surface area contributed by atoms with Crippen LogP contribution < -0.4 is 16.3 Å². The Morgan fingerprint density at radius 3 is 3.19 bits per heavy atom. The van der Waals surface area contributed by atoms with Gasteiger partial charge in [-0.2, -0.15) is 5.10 Å². The Balaban J connectivity index is 1.90. The molecular formula is C11H15N3OS. The smallest absolute Gasteiger partial charge is 0.177 e. The van der Waals surface area contributed by atoms with Gasteiger partial charge in [0, 0.05) is 12.2 Å². The van der Waals surface area contributed by atoms with E-state index in [0.717, 1.165) is 31.0 Å². The molecule has 0 aliphatic carbocycles. The van der Waals surface area contributed by atoms with Crippen LogP contribution in [0.5, 0.6) is 5.75 Å². The number of aryl methyl sites for hydroxylation is 1. The Morgan fingerprint density at radius 1 is 1.50 bits per heavy atom. The summed E-state index contributed by atoms with van der Waals surface area (Å²) in [5.41, 5.74) is 8.11. The fraction of sp³-hybridized carbons (Fsp3) is 0.364. The van der Waals surface area contributed by atoms with Crippen LogP contribution in [-0.4, -0.2) is 17.5 Å². The summed E-state index contributed by atoms with van der Waals surface area (Å²) in [7, 11) is 0. The maximum atomic E-state index is 5.50. The monoisotopic (exact) mass is 237 g/mol. The highest BCUT2D eigenvalue weighted by Crippen LogP contribution is 2.26. The van der Waals surface area contributed by atoms with Gasteiger partial charge in [0.05, 0.1) is 6.61 Å². The first-order valence-corrected chi connectivity index (χ1v) is 6.19. The van der Waals surface area contributed by atoms with Gasteiger partial charge in [-0.05, 0) is 23.6 Å². The van der Waals surface area contributed by atoms with Crippen molar-refractivity contribution in [1.82, 2.24) is 0 Å². The van der Waals surface area contributed by atoms with Crippen molar-refractivity contribution in [2.45, 2.75) is 12.8 Å². The van der Waals surface area contributed by atoms with Gasteiger partial charge in [-0.3, -0.25) is 0 Å². The quantitative estimate of drug-likeness (QED) is 0.357. The topological polar surface area (TPSA) is 73.6 Å². The second-order valence-electron chi connectivity index (χ2n) is 3.61. The highest BCUT2D eigenvalue weighted by atomic mass is 32.2. The van der Waals surface area contributed by atoms with Gasteiger partial charge in [-0.1, -0.05) is 23.9 Å². The molecule has 0 saturated heterocycles. The molecule has 2 rings (SSSR count). The Kier molecular flexibility index (Phi) is 3.56. The lowest BCUT2D eigenvalue weighted by Gasteiger charge is -2.03. The van der Waals surface area contributed by atoms with Crippen molar-refractivity contribution < 1.29 is 4.74 Å². The molecule has 0 radical (unpaired) electrons. The molecular weight excluding hydrogens is 222 g/mol. The number of hydrazone groups is 1. The Labute approximate surface area is 99.0 Å². The summed E-state index contributed by atoms with van der Waals surface area (Å²) in [6.45, 7) is 0.806. The molecule has 0 amide bonds. The average molecular weight is 237 g/mol. The maximum absolute atomic E-state index is 5.50. The first-order valence-electron chi connectivity index (χ1n) is 5.20. The summed E-state index contributed by atoms with van der Waals surface area (Å²) < 4.78 is 5.45. The number of nitrogens with two attached hydrogens (primary N) is 2. The van der Waals surface area contributed by atoms with E-state index in [4.69, 9.17) is 16.3 Å². The van der Waals surface area contributed by atoms with Crippen LogP contribution in [0, 0.1) is 0 Å². The highest BCUT2D eigenvalue weighted by molar-refractivity contribution is 8.13. The van der Waals surface area contributed by atoms with E-state index in [2.05, 4.69) is 17.2 Å². The minimum atomic E-state index is 0.435. The van der Waals surface area contributed by atoms with Crippen LogP contribution in [0.3, 0.4) is 0 Å². The number of fused-ring (bicyclic) bond motifs is 1. The molecule has 0 atom stereocenters. The van der Waals surface area contributed by atoms with Gasteiger partial charge < -0.3 is 16.3 Å². The molecule has 0 aromatic heterocycles. The third kappa shape index (κ3) is 2.61. The van der Waals surface area contributed by atoms with Crippen LogP contribution in [0.4, 0.5) is 0 Å². The molecule has 0 bridgehead atoms. The van der Waals surface area contributed by atoms with Crippen molar-refractivity contribution in [3.63, 3.8) is 0 Å². The van der Waals surface area contributed by atoms with Crippen molar-refractivity contribution in [1.29, 1.82) is 0 Å². The van der Waals surface area contributed by atoms with Crippen molar-refractivity contribution in [3.8, 4) is 5.75 Å². The van der Waals surface area contributed by atoms with Crippen molar-refractivity contribution in [3.05, 3.63) is 29.3 Å². The third-order valence-corrected chi connectivity index (χ3v) is 3.33. The molecule has 0 fully saturated rings. The van der Waals surface area contributed by atoms with Crippen LogP contribution in [0.1, 0.15) is 11.1 Å². The number of hydrogen-bond donors (Lipinski definition) is 2. The van der Waals surface area contributed by atoms with Gasteiger partial charge >= 0.3 is 0 Å². The van der Waals surface area contributed by atoms with E-state index < -0.39 is 0 Å². The van der Waals surface area contributed by atoms with E-state index in [-0.39, 0.29) is 0 Å². The lowest BCUT2D eigenvalue weighted by atomic mass is 10.1. The third-order valence-electron chi connectivity index (χ3n) is 2.52. The molecule has 0 unspecified atom stereocenters. The minimum absolute atomic E-state index is 0.435. The SMILES string of the molecule is NN=C(N)SCCc1ccc2c(c1)CCO2. The van der Waals surface area contributed by atoms with Gasteiger partial charge in [0.25, 0.3) is 0 Å². The van der Waals surface area contributed by atoms with Gasteiger partial charge in [-0.25, -0.2) is 0 Å². The summed E-state index contributed by atoms with van der Waals surface area (Å²) in [5, 5.41) is 3.85. The van der Waals surface area contributed by atoms with Crippen molar-refractivity contribution in [2.75, 3.05) is 12.4 Å². The fourth-order valence-corrected chi connectivity index (χ4v) is 2.33. The van der Waals surface area contributed by atoms with E-state index in [1.165, 1.54) is 22.9 Å². The van der Waals surface area contributed by atoms with Gasteiger partial charge in [0.2, 0.25) is 0 Å². The minimum Gasteiger partial charge on any atom is -0.493 e. The zero-order chi connectivity index (χ0) is 11.4. The highest BCUT2D eigenvalue weighted by Gasteiger charge is 2.11. The summed E-state index contributed by atoms with van der Waals surface area (Å²) in [5.74, 6) is 6.97. The first-order chi connectivity index (χ1) is 7.79. The number of benzene rings is 1. The van der Waals surface area contributed by atoms with Crippen molar-refractivity contribution in [2.24, 2.45) is 16.7 Å². The van der Waals surface area contributed by atoms with Crippen molar-refractivity contribution >= 4 is 16.9 Å². The van der Waals surface area contributed by atoms with Gasteiger partial charge in [-0.15, -0.1) is 0 Å². The zero-order valence-electron chi connectivity index (χ0n) is 8.98. The molecule has 86 valence electrons. The van der Waals surface area contributed by atoms with Crippen LogP contribution in [0.2, 0.25) is 0 Å². The van der Waals surface area contributed by atoms with Crippen LogP contribution in [0.25, 0.3) is 0 Å². The molecule has 4 nitrogen and oxygen atoms in total. The number of amidine groups is 1. The normalized spacial score (nSPS) is 14.6. The molecule has 0 saturated carbocycles. The molecule has 1 aliphatic rings. The lowest BCUT2D eigenvalue weighted by molar-refractivity contribution is 0.357. The van der Waals surface area contributed by atoms with E-state index >= 15 is 0 Å². The second kappa shape index (κ2) is 5.12. The van der Waals surface area contributed by atoms with E-state index in [9.17, 15) is 0 Å². The number of ether oxygens (including phenoxy) is 1. The van der Waals surface area contributed by atoms with E-state index in [0.29, 0.717) is 5.17 Å². The molecule has 16 heavy (non-hydrogen) atoms. The standard InChI is InChI=1S/C11H15N3OS/c12-11(14-13)16-6-4-8-1-2-10-9(7-8)3-5-15-10/h1-2,7H,3-6,13H2,(H2,12,14). The Hall–Kier alpha value is -1.36. The average Bonchev–Trinajstić information content (AvgIpc) is 2.76. The Morgan fingerprint density at radius 2 is 2.38 bits per heavy atom. The molecule has 5 heteroatoms. The number of hydrogen-bond acceptors (Lipinski definition) is 4. The zero-order valence-corrected chi connectivity index (χ0v) is 9.80. The summed E-state index contributed by atoms with van der Waals surface area (Å²) in [6.07, 6.45) is 1.98. The van der Waals surface area contributed by atoms with Crippen LogP contribution in [-0.2, 0) is 12.8 Å².